The van der Waals surface area contributed by atoms with Crippen molar-refractivity contribution < 1.29 is 13.9 Å². The minimum Gasteiger partial charge on any atom is -0.485 e. The zero-order chi connectivity index (χ0) is 21.4. The number of carbonyl (C=O) groups excluding carboxylic acids is 1. The van der Waals surface area contributed by atoms with Gasteiger partial charge in [-0.25, -0.2) is 4.39 Å². The number of fused-ring (bicyclic) bond motifs is 1. The lowest BCUT2D eigenvalue weighted by atomic mass is 9.90. The van der Waals surface area contributed by atoms with Gasteiger partial charge in [0.1, 0.15) is 22.9 Å². The van der Waals surface area contributed by atoms with E-state index in [1.165, 1.54) is 22.4 Å². The molecule has 1 unspecified atom stereocenters. The monoisotopic (exact) mass is 419 g/mol. The standard InChI is InChI=1S/C23H22FN5O2/c1-16-25-26-27-29(16)20(14-17-6-8-19(24)9-7-17)22(30)28-13-12-23(15-28)11-10-18-4-2-3-5-21(18)31-23/h2-9,14H,10-13,15H2,1H3/b20-14+. The fourth-order valence-electron chi connectivity index (χ4n) is 4.31. The molecule has 7 nitrogen and oxygen atoms in total. The predicted molar refractivity (Wildman–Crippen MR) is 112 cm³/mol. The zero-order valence-electron chi connectivity index (χ0n) is 17.2. The van der Waals surface area contributed by atoms with E-state index in [1.54, 1.807) is 30.0 Å². The maximum atomic E-state index is 13.6. The van der Waals surface area contributed by atoms with Gasteiger partial charge in [0.05, 0.1) is 6.54 Å². The van der Waals surface area contributed by atoms with E-state index in [9.17, 15) is 9.18 Å². The second-order valence-corrected chi connectivity index (χ2v) is 8.09. The van der Waals surface area contributed by atoms with Crippen LogP contribution in [0.25, 0.3) is 11.8 Å². The van der Waals surface area contributed by atoms with E-state index in [1.807, 2.05) is 18.2 Å². The normalized spacial score (nSPS) is 20.6. The van der Waals surface area contributed by atoms with Crippen molar-refractivity contribution in [3.05, 3.63) is 71.3 Å². The minimum atomic E-state index is -0.374. The van der Waals surface area contributed by atoms with Crippen LogP contribution in [0.4, 0.5) is 4.39 Å². The third-order valence-electron chi connectivity index (χ3n) is 6.00. The topological polar surface area (TPSA) is 73.1 Å². The van der Waals surface area contributed by atoms with Crippen LogP contribution in [0.1, 0.15) is 29.8 Å². The predicted octanol–water partition coefficient (Wildman–Crippen LogP) is 3.12. The summed E-state index contributed by atoms with van der Waals surface area (Å²) in [6.45, 7) is 2.82. The van der Waals surface area contributed by atoms with Gasteiger partial charge in [-0.2, -0.15) is 4.68 Å². The Morgan fingerprint density at radius 2 is 1.97 bits per heavy atom. The van der Waals surface area contributed by atoms with Crippen LogP contribution in [0.5, 0.6) is 5.75 Å². The molecule has 0 N–H and O–H groups in total. The number of rotatable bonds is 3. The van der Waals surface area contributed by atoms with Crippen molar-refractivity contribution in [2.45, 2.75) is 31.8 Å². The van der Waals surface area contributed by atoms with Crippen LogP contribution in [0.15, 0.2) is 48.5 Å². The second kappa shape index (κ2) is 7.61. The van der Waals surface area contributed by atoms with Gasteiger partial charge in [0.25, 0.3) is 5.91 Å². The largest absolute Gasteiger partial charge is 0.485 e. The number of halogens is 1. The molecular weight excluding hydrogens is 397 g/mol. The van der Waals surface area contributed by atoms with Crippen molar-refractivity contribution in [1.82, 2.24) is 25.1 Å². The molecular formula is C23H22FN5O2. The number of carbonyl (C=O) groups is 1. The van der Waals surface area contributed by atoms with Gasteiger partial charge in [0.15, 0.2) is 5.82 Å². The van der Waals surface area contributed by atoms with Crippen molar-refractivity contribution in [2.24, 2.45) is 0 Å². The number of amides is 1. The fraction of sp³-hybridized carbons (Fsp3) is 0.304. The Morgan fingerprint density at radius 3 is 2.74 bits per heavy atom. The molecule has 1 amide bonds. The van der Waals surface area contributed by atoms with Crippen molar-refractivity contribution in [3.8, 4) is 5.75 Å². The summed E-state index contributed by atoms with van der Waals surface area (Å²) in [4.78, 5) is 15.3. The summed E-state index contributed by atoms with van der Waals surface area (Å²) in [5, 5.41) is 11.6. The number of hydrogen-bond donors (Lipinski definition) is 0. The van der Waals surface area contributed by atoms with Gasteiger partial charge in [0.2, 0.25) is 0 Å². The molecule has 158 valence electrons. The molecule has 1 atom stereocenters. The smallest absolute Gasteiger partial charge is 0.272 e. The Morgan fingerprint density at radius 1 is 1.16 bits per heavy atom. The molecule has 2 aliphatic heterocycles. The Kier molecular flexibility index (Phi) is 4.77. The molecule has 1 saturated heterocycles. The first kappa shape index (κ1) is 19.4. The summed E-state index contributed by atoms with van der Waals surface area (Å²) >= 11 is 0. The Balaban J connectivity index is 1.43. The number of tetrazole rings is 1. The van der Waals surface area contributed by atoms with Crippen molar-refractivity contribution in [2.75, 3.05) is 13.1 Å². The first-order valence-electron chi connectivity index (χ1n) is 10.3. The molecule has 3 heterocycles. The molecule has 2 aromatic carbocycles. The second-order valence-electron chi connectivity index (χ2n) is 8.09. The lowest BCUT2D eigenvalue weighted by Gasteiger charge is -2.35. The third-order valence-corrected chi connectivity index (χ3v) is 6.00. The van der Waals surface area contributed by atoms with Crippen molar-refractivity contribution in [3.63, 3.8) is 0 Å². The van der Waals surface area contributed by atoms with E-state index >= 15 is 0 Å². The Labute approximate surface area is 179 Å². The SMILES string of the molecule is Cc1nnnn1/C(=C/c1ccc(F)cc1)C(=O)N1CCC2(CCc3ccccc3O2)C1. The van der Waals surface area contributed by atoms with Gasteiger partial charge >= 0.3 is 0 Å². The molecule has 1 fully saturated rings. The van der Waals surface area contributed by atoms with Crippen LogP contribution in [0.2, 0.25) is 0 Å². The molecule has 3 aromatic rings. The quantitative estimate of drug-likeness (QED) is 0.610. The summed E-state index contributed by atoms with van der Waals surface area (Å²) in [7, 11) is 0. The minimum absolute atomic E-state index is 0.181. The number of nitrogens with zero attached hydrogens (tertiary/aromatic N) is 5. The molecule has 0 saturated carbocycles. The molecule has 31 heavy (non-hydrogen) atoms. The van der Waals surface area contributed by atoms with Crippen LogP contribution in [0, 0.1) is 12.7 Å². The molecule has 1 aromatic heterocycles. The summed E-state index contributed by atoms with van der Waals surface area (Å²) in [6.07, 6.45) is 4.26. The number of aromatic nitrogens is 4. The summed E-state index contributed by atoms with van der Waals surface area (Å²) < 4.78 is 21.1. The molecule has 5 rings (SSSR count). The molecule has 0 bridgehead atoms. The van der Waals surface area contributed by atoms with E-state index in [4.69, 9.17) is 4.74 Å². The number of para-hydroxylation sites is 1. The highest BCUT2D eigenvalue weighted by molar-refractivity contribution is 6.18. The van der Waals surface area contributed by atoms with E-state index in [0.717, 1.165) is 25.0 Å². The van der Waals surface area contributed by atoms with E-state index in [0.29, 0.717) is 30.2 Å². The zero-order valence-corrected chi connectivity index (χ0v) is 17.2. The molecule has 0 aliphatic carbocycles. The number of ether oxygens (including phenoxy) is 1. The van der Waals surface area contributed by atoms with Crippen molar-refractivity contribution in [1.29, 1.82) is 0 Å². The average Bonchev–Trinajstić information content (AvgIpc) is 3.39. The number of aryl methyl sites for hydroxylation is 2. The third kappa shape index (κ3) is 3.69. The number of benzene rings is 2. The summed E-state index contributed by atoms with van der Waals surface area (Å²) in [5.74, 6) is 0.888. The number of hydrogen-bond acceptors (Lipinski definition) is 5. The lowest BCUT2D eigenvalue weighted by Crippen LogP contribution is -2.43. The fourth-order valence-corrected chi connectivity index (χ4v) is 4.31. The molecule has 2 aliphatic rings. The summed E-state index contributed by atoms with van der Waals surface area (Å²) in [6, 6.07) is 14.0. The van der Waals surface area contributed by atoms with Gasteiger partial charge in [-0.15, -0.1) is 5.10 Å². The highest BCUT2D eigenvalue weighted by Crippen LogP contribution is 2.39. The van der Waals surface area contributed by atoms with Crippen LogP contribution < -0.4 is 4.74 Å². The molecule has 8 heteroatoms. The average molecular weight is 419 g/mol. The van der Waals surface area contributed by atoms with Crippen LogP contribution in [0.3, 0.4) is 0 Å². The van der Waals surface area contributed by atoms with Gasteiger partial charge < -0.3 is 9.64 Å². The van der Waals surface area contributed by atoms with Gasteiger partial charge in [-0.3, -0.25) is 4.79 Å². The highest BCUT2D eigenvalue weighted by atomic mass is 19.1. The Bertz CT molecular complexity index is 1160. The molecule has 1 spiro atoms. The number of likely N-dealkylation sites (tertiary alicyclic amines) is 1. The van der Waals surface area contributed by atoms with E-state index in [2.05, 4.69) is 21.6 Å². The highest BCUT2D eigenvalue weighted by Gasteiger charge is 2.44. The van der Waals surface area contributed by atoms with E-state index in [-0.39, 0.29) is 17.3 Å². The van der Waals surface area contributed by atoms with Gasteiger partial charge in [-0.1, -0.05) is 30.3 Å². The lowest BCUT2D eigenvalue weighted by molar-refractivity contribution is -0.125. The van der Waals surface area contributed by atoms with E-state index < -0.39 is 0 Å². The molecule has 0 radical (unpaired) electrons. The van der Waals surface area contributed by atoms with Crippen LogP contribution in [-0.2, 0) is 11.2 Å². The van der Waals surface area contributed by atoms with Gasteiger partial charge in [-0.05, 0) is 65.6 Å². The van der Waals surface area contributed by atoms with Crippen LogP contribution in [-0.4, -0.2) is 49.7 Å². The summed E-state index contributed by atoms with van der Waals surface area (Å²) in [5.41, 5.74) is 1.85. The maximum Gasteiger partial charge on any atom is 0.272 e. The first-order valence-corrected chi connectivity index (χ1v) is 10.3. The Hall–Kier alpha value is -3.55. The van der Waals surface area contributed by atoms with Crippen molar-refractivity contribution >= 4 is 17.7 Å². The maximum absolute atomic E-state index is 13.6. The van der Waals surface area contributed by atoms with Gasteiger partial charge in [0, 0.05) is 13.0 Å². The van der Waals surface area contributed by atoms with Crippen LogP contribution >= 0.6 is 0 Å². The first-order chi connectivity index (χ1) is 15.0.